The molecule has 1 aliphatic rings. The van der Waals surface area contributed by atoms with E-state index in [-0.39, 0.29) is 18.0 Å². The van der Waals surface area contributed by atoms with Crippen molar-refractivity contribution in [3.8, 4) is 0 Å². The molecule has 3 aromatic rings. The zero-order chi connectivity index (χ0) is 20.5. The lowest BCUT2D eigenvalue weighted by atomic mass is 9.92. The van der Waals surface area contributed by atoms with Crippen molar-refractivity contribution in [1.29, 1.82) is 0 Å². The standard InChI is InChI=1S/C25H23NO3/c1-15-7-9-18(10-8-15)23-14-20-13-19(11-12-21(20)25(28)29-23)24(27)26-22-6-4-5-16(2)17(22)3/h4-13,23H,14H2,1-3H3,(H,26,27)/t23-/m0/s1. The predicted octanol–water partition coefficient (Wildman–Crippen LogP) is 5.32. The number of hydrogen-bond donors (Lipinski definition) is 1. The van der Waals surface area contributed by atoms with Crippen LogP contribution in [-0.2, 0) is 11.2 Å². The fourth-order valence-electron chi connectivity index (χ4n) is 3.59. The second kappa shape index (κ2) is 7.55. The van der Waals surface area contributed by atoms with Crippen molar-refractivity contribution in [2.75, 3.05) is 5.32 Å². The first-order valence-electron chi connectivity index (χ1n) is 9.70. The molecule has 0 spiro atoms. The zero-order valence-electron chi connectivity index (χ0n) is 16.8. The van der Waals surface area contributed by atoms with Gasteiger partial charge in [0.2, 0.25) is 0 Å². The average Bonchev–Trinajstić information content (AvgIpc) is 2.71. The summed E-state index contributed by atoms with van der Waals surface area (Å²) in [4.78, 5) is 25.3. The molecular weight excluding hydrogens is 362 g/mol. The van der Waals surface area contributed by atoms with Crippen LogP contribution in [0.4, 0.5) is 5.69 Å². The van der Waals surface area contributed by atoms with Crippen molar-refractivity contribution in [1.82, 2.24) is 0 Å². The van der Waals surface area contributed by atoms with Crippen molar-refractivity contribution in [3.05, 3.63) is 99.6 Å². The van der Waals surface area contributed by atoms with Gasteiger partial charge >= 0.3 is 5.97 Å². The molecule has 0 saturated heterocycles. The van der Waals surface area contributed by atoms with Gasteiger partial charge in [-0.25, -0.2) is 4.79 Å². The number of aryl methyl sites for hydroxylation is 2. The number of carbonyl (C=O) groups is 2. The molecule has 3 aromatic carbocycles. The molecule has 0 radical (unpaired) electrons. The Bertz CT molecular complexity index is 1100. The van der Waals surface area contributed by atoms with Crippen LogP contribution in [0.5, 0.6) is 0 Å². The quantitative estimate of drug-likeness (QED) is 0.621. The van der Waals surface area contributed by atoms with E-state index in [1.54, 1.807) is 18.2 Å². The molecule has 1 aliphatic heterocycles. The van der Waals surface area contributed by atoms with E-state index in [2.05, 4.69) is 5.32 Å². The van der Waals surface area contributed by atoms with E-state index in [0.717, 1.165) is 33.5 Å². The first-order chi connectivity index (χ1) is 13.9. The van der Waals surface area contributed by atoms with Crippen molar-refractivity contribution >= 4 is 17.6 Å². The van der Waals surface area contributed by atoms with Gasteiger partial charge in [-0.15, -0.1) is 0 Å². The molecule has 0 aromatic heterocycles. The normalized spacial score (nSPS) is 15.4. The number of benzene rings is 3. The van der Waals surface area contributed by atoms with Crippen molar-refractivity contribution in [2.24, 2.45) is 0 Å². The molecule has 4 nitrogen and oxygen atoms in total. The molecule has 0 unspecified atom stereocenters. The smallest absolute Gasteiger partial charge is 0.339 e. The van der Waals surface area contributed by atoms with Gasteiger partial charge in [0.05, 0.1) is 5.56 Å². The summed E-state index contributed by atoms with van der Waals surface area (Å²) in [5.74, 6) is -0.536. The van der Waals surface area contributed by atoms with Crippen molar-refractivity contribution in [2.45, 2.75) is 33.3 Å². The lowest BCUT2D eigenvalue weighted by molar-refractivity contribution is 0.0252. The lowest BCUT2D eigenvalue weighted by Gasteiger charge is -2.25. The van der Waals surface area contributed by atoms with Gasteiger partial charge in [0.1, 0.15) is 6.10 Å². The molecule has 0 aliphatic carbocycles. The minimum absolute atomic E-state index is 0.188. The molecule has 4 rings (SSSR count). The molecular formula is C25H23NO3. The summed E-state index contributed by atoms with van der Waals surface area (Å²) in [6.07, 6.45) is 0.210. The van der Waals surface area contributed by atoms with Crippen LogP contribution in [0.25, 0.3) is 0 Å². The highest BCUT2D eigenvalue weighted by Gasteiger charge is 2.28. The number of anilines is 1. The maximum atomic E-state index is 12.8. The average molecular weight is 385 g/mol. The fourth-order valence-corrected chi connectivity index (χ4v) is 3.59. The number of cyclic esters (lactones) is 1. The van der Waals surface area contributed by atoms with E-state index in [0.29, 0.717) is 17.5 Å². The van der Waals surface area contributed by atoms with Crippen LogP contribution in [0.2, 0.25) is 0 Å². The van der Waals surface area contributed by atoms with Crippen LogP contribution in [0.15, 0.2) is 60.7 Å². The summed E-state index contributed by atoms with van der Waals surface area (Å²) >= 11 is 0. The number of ether oxygens (including phenoxy) is 1. The Morgan fingerprint density at radius 2 is 1.76 bits per heavy atom. The maximum absolute atomic E-state index is 12.8. The molecule has 1 amide bonds. The highest BCUT2D eigenvalue weighted by molar-refractivity contribution is 6.05. The Labute approximate surface area is 170 Å². The minimum Gasteiger partial charge on any atom is -0.454 e. The Morgan fingerprint density at radius 3 is 2.52 bits per heavy atom. The topological polar surface area (TPSA) is 55.4 Å². The lowest BCUT2D eigenvalue weighted by Crippen LogP contribution is -2.23. The molecule has 0 bridgehead atoms. The van der Waals surface area contributed by atoms with E-state index in [4.69, 9.17) is 4.74 Å². The molecule has 1 heterocycles. The second-order valence-corrected chi connectivity index (χ2v) is 7.58. The zero-order valence-corrected chi connectivity index (χ0v) is 16.8. The third kappa shape index (κ3) is 3.79. The summed E-state index contributed by atoms with van der Waals surface area (Å²) in [5, 5.41) is 2.98. The van der Waals surface area contributed by atoms with Crippen LogP contribution >= 0.6 is 0 Å². The molecule has 4 heteroatoms. The third-order valence-electron chi connectivity index (χ3n) is 5.54. The van der Waals surface area contributed by atoms with Crippen LogP contribution in [0.1, 0.15) is 54.6 Å². The van der Waals surface area contributed by atoms with Gasteiger partial charge in [0.15, 0.2) is 0 Å². The van der Waals surface area contributed by atoms with Gasteiger partial charge in [-0.1, -0.05) is 42.0 Å². The SMILES string of the molecule is Cc1ccc([C@@H]2Cc3cc(C(=O)Nc4cccc(C)c4C)ccc3C(=O)O2)cc1. The Balaban J connectivity index is 1.60. The van der Waals surface area contributed by atoms with E-state index in [9.17, 15) is 9.59 Å². The van der Waals surface area contributed by atoms with Crippen LogP contribution in [0.3, 0.4) is 0 Å². The van der Waals surface area contributed by atoms with E-state index in [1.165, 1.54) is 0 Å². The van der Waals surface area contributed by atoms with Gasteiger partial charge in [0, 0.05) is 17.7 Å². The highest BCUT2D eigenvalue weighted by Crippen LogP contribution is 2.31. The number of nitrogens with one attached hydrogen (secondary N) is 1. The van der Waals surface area contributed by atoms with Gasteiger partial charge in [-0.05, 0) is 67.3 Å². The van der Waals surface area contributed by atoms with Crippen LogP contribution in [-0.4, -0.2) is 11.9 Å². The number of fused-ring (bicyclic) bond motifs is 1. The summed E-state index contributed by atoms with van der Waals surface area (Å²) in [6.45, 7) is 6.02. The molecule has 146 valence electrons. The first kappa shape index (κ1) is 18.9. The van der Waals surface area contributed by atoms with Crippen LogP contribution in [0, 0.1) is 20.8 Å². The Hall–Kier alpha value is -3.40. The number of hydrogen-bond acceptors (Lipinski definition) is 3. The Kier molecular flexibility index (Phi) is 4.93. The summed E-state index contributed by atoms with van der Waals surface area (Å²) < 4.78 is 5.62. The number of rotatable bonds is 3. The second-order valence-electron chi connectivity index (χ2n) is 7.58. The van der Waals surface area contributed by atoms with E-state index < -0.39 is 0 Å². The molecule has 29 heavy (non-hydrogen) atoms. The van der Waals surface area contributed by atoms with Gasteiger partial charge < -0.3 is 10.1 Å². The number of amides is 1. The Morgan fingerprint density at radius 1 is 1.00 bits per heavy atom. The van der Waals surface area contributed by atoms with Gasteiger partial charge in [-0.3, -0.25) is 4.79 Å². The third-order valence-corrected chi connectivity index (χ3v) is 5.54. The highest BCUT2D eigenvalue weighted by atomic mass is 16.5. The summed E-state index contributed by atoms with van der Waals surface area (Å²) in [7, 11) is 0. The number of esters is 1. The first-order valence-corrected chi connectivity index (χ1v) is 9.70. The largest absolute Gasteiger partial charge is 0.454 e. The molecule has 0 fully saturated rings. The minimum atomic E-state index is -0.349. The molecule has 1 atom stereocenters. The number of carbonyl (C=O) groups excluding carboxylic acids is 2. The summed E-state index contributed by atoms with van der Waals surface area (Å²) in [6, 6.07) is 19.0. The predicted molar refractivity (Wildman–Crippen MR) is 113 cm³/mol. The molecule has 0 saturated carbocycles. The monoisotopic (exact) mass is 385 g/mol. The maximum Gasteiger partial charge on any atom is 0.339 e. The van der Waals surface area contributed by atoms with Crippen molar-refractivity contribution in [3.63, 3.8) is 0 Å². The fraction of sp³-hybridized carbons (Fsp3) is 0.200. The van der Waals surface area contributed by atoms with Gasteiger partial charge in [0.25, 0.3) is 5.91 Å². The molecule has 1 N–H and O–H groups in total. The van der Waals surface area contributed by atoms with Crippen molar-refractivity contribution < 1.29 is 14.3 Å². The van der Waals surface area contributed by atoms with Crippen LogP contribution < -0.4 is 5.32 Å². The van der Waals surface area contributed by atoms with E-state index >= 15 is 0 Å². The van der Waals surface area contributed by atoms with E-state index in [1.807, 2.05) is 63.2 Å². The van der Waals surface area contributed by atoms with Gasteiger partial charge in [-0.2, -0.15) is 0 Å². The summed E-state index contributed by atoms with van der Waals surface area (Å²) in [5.41, 5.74) is 6.96.